The van der Waals surface area contributed by atoms with Crippen LogP contribution in [-0.4, -0.2) is 65.3 Å². The summed E-state index contributed by atoms with van der Waals surface area (Å²) in [6.07, 6.45) is 9.35. The maximum Gasteiger partial charge on any atom is 0.177 e. The molecule has 2 unspecified atom stereocenters. The Morgan fingerprint density at radius 1 is 0.787 bits per heavy atom. The summed E-state index contributed by atoms with van der Waals surface area (Å²) < 4.78 is 4.12. The molecular weight excluding hydrogens is 703 g/mol. The lowest BCUT2D eigenvalue weighted by Gasteiger charge is -2.18. The molecule has 8 rings (SSSR count). The van der Waals surface area contributed by atoms with Crippen molar-refractivity contribution in [3.8, 4) is 0 Å². The topological polar surface area (TPSA) is 131 Å². The maximum absolute atomic E-state index is 6.07. The van der Waals surface area contributed by atoms with Crippen LogP contribution in [0.2, 0.25) is 10.3 Å². The summed E-state index contributed by atoms with van der Waals surface area (Å²) in [6.45, 7) is 8.88. The van der Waals surface area contributed by atoms with Gasteiger partial charge in [0.05, 0.1) is 10.2 Å². The second-order valence-corrected chi connectivity index (χ2v) is 13.3. The number of fused-ring (bicyclic) bond motifs is 2. The zero-order chi connectivity index (χ0) is 32.9. The predicted molar refractivity (Wildman–Crippen MR) is 192 cm³/mol. The van der Waals surface area contributed by atoms with Gasteiger partial charge in [-0.1, -0.05) is 49.2 Å². The predicted octanol–water partition coefficient (Wildman–Crippen LogP) is 7.02. The van der Waals surface area contributed by atoms with Crippen molar-refractivity contribution in [2.75, 3.05) is 47.0 Å². The summed E-state index contributed by atoms with van der Waals surface area (Å²) in [4.78, 5) is 22.0. The van der Waals surface area contributed by atoms with Crippen LogP contribution in [0.15, 0.2) is 77.8 Å². The molecule has 15 heteroatoms. The standard InChI is InChI=1S/C16H17ClN6.C10H15N3.C6H3BrClN3/c1-11-5-7-22(10-11)15-4-2-3-14(20-15)19-12-9-13(17)21-23-8-6-18-16(12)23;1-8-5-6-13(7-8)10-4-2-3-9(11)12-10;7-4-3-5(8)10-11-2-1-9-6(4)11/h2-4,6,8-9,11H,5,7,10H2,1H3,(H,19,20);2-4,8H,5-7H2,1H3,(H2,11,12);1-3H. The van der Waals surface area contributed by atoms with Crippen molar-refractivity contribution >= 4 is 79.4 Å². The van der Waals surface area contributed by atoms with Gasteiger partial charge in [-0.3, -0.25) is 0 Å². The van der Waals surface area contributed by atoms with Gasteiger partial charge in [-0.05, 0) is 70.9 Å². The van der Waals surface area contributed by atoms with Gasteiger partial charge in [-0.25, -0.2) is 29.0 Å². The van der Waals surface area contributed by atoms with E-state index in [1.54, 1.807) is 46.0 Å². The number of nitrogens with one attached hydrogen (secondary N) is 1. The van der Waals surface area contributed by atoms with Crippen molar-refractivity contribution in [2.24, 2.45) is 11.8 Å². The van der Waals surface area contributed by atoms with E-state index >= 15 is 0 Å². The summed E-state index contributed by atoms with van der Waals surface area (Å²) in [5, 5.41) is 12.3. The first kappa shape index (κ1) is 32.7. The van der Waals surface area contributed by atoms with Gasteiger partial charge in [-0.2, -0.15) is 10.2 Å². The van der Waals surface area contributed by atoms with E-state index in [0.29, 0.717) is 16.1 Å². The van der Waals surface area contributed by atoms with Crippen molar-refractivity contribution in [2.45, 2.75) is 26.7 Å². The molecule has 6 aromatic heterocycles. The highest BCUT2D eigenvalue weighted by atomic mass is 79.9. The zero-order valence-electron chi connectivity index (χ0n) is 26.0. The largest absolute Gasteiger partial charge is 0.384 e. The molecule has 0 saturated carbocycles. The van der Waals surface area contributed by atoms with Crippen LogP contribution in [0.3, 0.4) is 0 Å². The third-order valence-electron chi connectivity index (χ3n) is 7.86. The Morgan fingerprint density at radius 3 is 1.98 bits per heavy atom. The van der Waals surface area contributed by atoms with E-state index in [4.69, 9.17) is 33.9 Å². The fourth-order valence-corrected chi connectivity index (χ4v) is 6.55. The highest BCUT2D eigenvalue weighted by molar-refractivity contribution is 9.10. The lowest BCUT2D eigenvalue weighted by Crippen LogP contribution is -2.20. The lowest BCUT2D eigenvalue weighted by molar-refractivity contribution is 0.659. The van der Waals surface area contributed by atoms with Crippen LogP contribution >= 0.6 is 39.1 Å². The highest BCUT2D eigenvalue weighted by Crippen LogP contribution is 2.26. The van der Waals surface area contributed by atoms with Gasteiger partial charge in [0.1, 0.15) is 23.3 Å². The van der Waals surface area contributed by atoms with Crippen molar-refractivity contribution < 1.29 is 0 Å². The summed E-state index contributed by atoms with van der Waals surface area (Å²) >= 11 is 15.1. The van der Waals surface area contributed by atoms with E-state index in [-0.39, 0.29) is 0 Å². The van der Waals surface area contributed by atoms with Gasteiger partial charge in [0.2, 0.25) is 0 Å². The second kappa shape index (κ2) is 14.7. The molecule has 47 heavy (non-hydrogen) atoms. The number of imidazole rings is 2. The molecule has 2 aliphatic heterocycles. The molecule has 0 aliphatic carbocycles. The number of anilines is 5. The molecule has 2 atom stereocenters. The fourth-order valence-electron chi connectivity index (χ4n) is 5.54. The Hall–Kier alpha value is -4.20. The van der Waals surface area contributed by atoms with Crippen LogP contribution in [0, 0.1) is 11.8 Å². The summed E-state index contributed by atoms with van der Waals surface area (Å²) in [5.41, 5.74) is 7.90. The highest BCUT2D eigenvalue weighted by Gasteiger charge is 2.21. The van der Waals surface area contributed by atoms with Crippen LogP contribution in [0.4, 0.5) is 29.0 Å². The number of rotatable bonds is 4. The van der Waals surface area contributed by atoms with Gasteiger partial charge in [0.25, 0.3) is 0 Å². The van der Waals surface area contributed by atoms with Gasteiger partial charge >= 0.3 is 0 Å². The lowest BCUT2D eigenvalue weighted by atomic mass is 10.2. The third-order valence-corrected chi connectivity index (χ3v) is 8.82. The van der Waals surface area contributed by atoms with E-state index in [0.717, 1.165) is 76.9 Å². The Morgan fingerprint density at radius 2 is 1.36 bits per heavy atom. The summed E-state index contributed by atoms with van der Waals surface area (Å²) in [5.74, 6) is 4.90. The minimum Gasteiger partial charge on any atom is -0.384 e. The molecule has 3 N–H and O–H groups in total. The van der Waals surface area contributed by atoms with E-state index in [1.165, 1.54) is 12.8 Å². The van der Waals surface area contributed by atoms with Gasteiger partial charge in [-0.15, -0.1) is 0 Å². The van der Waals surface area contributed by atoms with E-state index in [2.05, 4.69) is 70.0 Å². The molecule has 244 valence electrons. The van der Waals surface area contributed by atoms with Crippen LogP contribution in [0.1, 0.15) is 26.7 Å². The summed E-state index contributed by atoms with van der Waals surface area (Å²) in [7, 11) is 0. The average molecular weight is 739 g/mol. The van der Waals surface area contributed by atoms with Crippen LogP contribution in [-0.2, 0) is 0 Å². The average Bonchev–Trinajstić information content (AvgIpc) is 3.86. The van der Waals surface area contributed by atoms with Gasteiger partial charge < -0.3 is 20.9 Å². The molecule has 0 spiro atoms. The van der Waals surface area contributed by atoms with E-state index in [1.807, 2.05) is 36.4 Å². The molecule has 0 amide bonds. The molecule has 12 nitrogen and oxygen atoms in total. The quantitative estimate of drug-likeness (QED) is 0.195. The first-order valence-corrected chi connectivity index (χ1v) is 16.9. The first-order chi connectivity index (χ1) is 22.7. The SMILES string of the molecule is CC1CCN(c2cccc(N)n2)C1.CC1CCN(c2cccc(Nc3cc(Cl)nn4ccnc34)n2)C1.Clc1cc(Br)c2nccn2n1. The van der Waals surface area contributed by atoms with Crippen molar-refractivity contribution in [3.63, 3.8) is 0 Å². The van der Waals surface area contributed by atoms with Crippen molar-refractivity contribution in [3.05, 3.63) is 88.1 Å². The molecule has 0 bridgehead atoms. The molecule has 0 aromatic carbocycles. The number of nitrogen functional groups attached to an aromatic ring is 1. The van der Waals surface area contributed by atoms with Crippen molar-refractivity contribution in [1.29, 1.82) is 0 Å². The number of pyridine rings is 2. The van der Waals surface area contributed by atoms with Gasteiger partial charge in [0, 0.05) is 57.0 Å². The van der Waals surface area contributed by atoms with E-state index in [9.17, 15) is 0 Å². The Labute approximate surface area is 291 Å². The molecule has 6 aromatic rings. The number of aromatic nitrogens is 8. The molecule has 8 heterocycles. The monoisotopic (exact) mass is 736 g/mol. The Balaban J connectivity index is 0.000000136. The zero-order valence-corrected chi connectivity index (χ0v) is 29.1. The second-order valence-electron chi connectivity index (χ2n) is 11.7. The number of hydrogen-bond acceptors (Lipinski definition) is 10. The Kier molecular flexibility index (Phi) is 10.2. The third kappa shape index (κ3) is 8.21. The number of nitrogens with two attached hydrogens (primary N) is 1. The minimum atomic E-state index is 0.405. The molecule has 2 fully saturated rings. The van der Waals surface area contributed by atoms with Gasteiger partial charge in [0.15, 0.2) is 21.6 Å². The molecule has 0 radical (unpaired) electrons. The van der Waals surface area contributed by atoms with Crippen LogP contribution in [0.25, 0.3) is 11.3 Å². The molecular formula is C32H35BrCl2N12. The fraction of sp³-hybridized carbons (Fsp3) is 0.312. The minimum absolute atomic E-state index is 0.405. The van der Waals surface area contributed by atoms with Crippen LogP contribution < -0.4 is 20.9 Å². The number of halogens is 3. The Bertz CT molecular complexity index is 1960. The first-order valence-electron chi connectivity index (χ1n) is 15.3. The number of hydrogen-bond donors (Lipinski definition) is 2. The smallest absolute Gasteiger partial charge is 0.177 e. The van der Waals surface area contributed by atoms with E-state index < -0.39 is 0 Å². The van der Waals surface area contributed by atoms with Crippen molar-refractivity contribution in [1.82, 2.24) is 39.2 Å². The molecule has 2 saturated heterocycles. The molecule has 2 aliphatic rings. The normalized spacial score (nSPS) is 17.4. The number of nitrogens with zero attached hydrogens (tertiary/aromatic N) is 10. The maximum atomic E-state index is 6.07. The summed E-state index contributed by atoms with van der Waals surface area (Å²) in [6, 6.07) is 15.3. The van der Waals surface area contributed by atoms with Crippen LogP contribution in [0.5, 0.6) is 0 Å².